The Balaban J connectivity index is 2.25. The van der Waals surface area contributed by atoms with Gasteiger partial charge < -0.3 is 10.6 Å². The van der Waals surface area contributed by atoms with E-state index in [0.717, 1.165) is 17.7 Å². The van der Waals surface area contributed by atoms with Crippen LogP contribution in [0.5, 0.6) is 0 Å². The quantitative estimate of drug-likeness (QED) is 0.902. The number of hydrogen-bond donors (Lipinski definition) is 1. The number of para-hydroxylation sites is 1. The Kier molecular flexibility index (Phi) is 4.81. The number of halogens is 1. The summed E-state index contributed by atoms with van der Waals surface area (Å²) in [6.07, 6.45) is 6.89. The van der Waals surface area contributed by atoms with Gasteiger partial charge >= 0.3 is 0 Å². The Labute approximate surface area is 115 Å². The van der Waals surface area contributed by atoms with Gasteiger partial charge in [-0.2, -0.15) is 0 Å². The Morgan fingerprint density at radius 1 is 1.32 bits per heavy atom. The van der Waals surface area contributed by atoms with Gasteiger partial charge in [-0.1, -0.05) is 31.4 Å². The second kappa shape index (κ2) is 6.38. The molecule has 1 aliphatic carbocycles. The number of nitrogens with zero attached hydrogens (tertiary/aromatic N) is 1. The molecule has 3 heteroatoms. The molecule has 0 amide bonds. The number of nitrogens with two attached hydrogens (primary N) is 1. The van der Waals surface area contributed by atoms with Crippen LogP contribution in [0.3, 0.4) is 0 Å². The SMILES string of the molecule is CC(N)Cc1cccc(F)c1N(C)C1CCCCC1. The maximum atomic E-state index is 14.2. The first kappa shape index (κ1) is 14.3. The van der Waals surface area contributed by atoms with Crippen molar-refractivity contribution in [2.45, 2.75) is 57.5 Å². The molecule has 0 radical (unpaired) electrons. The fourth-order valence-electron chi connectivity index (χ4n) is 3.12. The number of hydrogen-bond acceptors (Lipinski definition) is 2. The molecule has 19 heavy (non-hydrogen) atoms. The van der Waals surface area contributed by atoms with E-state index in [2.05, 4.69) is 4.90 Å². The fraction of sp³-hybridized carbons (Fsp3) is 0.625. The van der Waals surface area contributed by atoms with Crippen molar-refractivity contribution in [1.29, 1.82) is 0 Å². The maximum Gasteiger partial charge on any atom is 0.146 e. The van der Waals surface area contributed by atoms with Gasteiger partial charge in [0.2, 0.25) is 0 Å². The van der Waals surface area contributed by atoms with E-state index in [1.165, 1.54) is 32.1 Å². The lowest BCUT2D eigenvalue weighted by molar-refractivity contribution is 0.423. The van der Waals surface area contributed by atoms with Crippen molar-refractivity contribution in [3.8, 4) is 0 Å². The molecule has 0 aromatic heterocycles. The highest BCUT2D eigenvalue weighted by atomic mass is 19.1. The zero-order valence-corrected chi connectivity index (χ0v) is 12.0. The van der Waals surface area contributed by atoms with Gasteiger partial charge in [-0.3, -0.25) is 0 Å². The normalized spacial score (nSPS) is 18.3. The predicted molar refractivity (Wildman–Crippen MR) is 79.0 cm³/mol. The molecular weight excluding hydrogens is 239 g/mol. The molecule has 1 aromatic carbocycles. The lowest BCUT2D eigenvalue weighted by atomic mass is 9.93. The highest BCUT2D eigenvalue weighted by molar-refractivity contribution is 5.55. The fourth-order valence-corrected chi connectivity index (χ4v) is 3.12. The summed E-state index contributed by atoms with van der Waals surface area (Å²) < 4.78 is 14.2. The smallest absolute Gasteiger partial charge is 0.146 e. The summed E-state index contributed by atoms with van der Waals surface area (Å²) in [6, 6.07) is 5.86. The summed E-state index contributed by atoms with van der Waals surface area (Å²) in [6.45, 7) is 1.97. The molecule has 106 valence electrons. The lowest BCUT2D eigenvalue weighted by Gasteiger charge is -2.34. The van der Waals surface area contributed by atoms with Crippen LogP contribution in [0.2, 0.25) is 0 Å². The Morgan fingerprint density at radius 3 is 2.63 bits per heavy atom. The summed E-state index contributed by atoms with van der Waals surface area (Å²) in [7, 11) is 2.03. The van der Waals surface area contributed by atoms with Gasteiger partial charge in [-0.25, -0.2) is 4.39 Å². The van der Waals surface area contributed by atoms with E-state index in [1.54, 1.807) is 12.1 Å². The molecule has 1 saturated carbocycles. The van der Waals surface area contributed by atoms with Crippen molar-refractivity contribution in [2.75, 3.05) is 11.9 Å². The van der Waals surface area contributed by atoms with Crippen LogP contribution in [-0.2, 0) is 6.42 Å². The van der Waals surface area contributed by atoms with Crippen molar-refractivity contribution in [3.63, 3.8) is 0 Å². The third-order valence-electron chi connectivity index (χ3n) is 4.09. The second-order valence-electron chi connectivity index (χ2n) is 5.83. The summed E-state index contributed by atoms with van der Waals surface area (Å²) in [5.74, 6) is -0.119. The Hall–Kier alpha value is -1.09. The minimum absolute atomic E-state index is 0.0558. The van der Waals surface area contributed by atoms with Gasteiger partial charge in [0.05, 0.1) is 5.69 Å². The highest BCUT2D eigenvalue weighted by Crippen LogP contribution is 2.31. The van der Waals surface area contributed by atoms with E-state index in [1.807, 2.05) is 20.0 Å². The first-order chi connectivity index (χ1) is 9.09. The predicted octanol–water partition coefficient (Wildman–Crippen LogP) is 3.48. The first-order valence-corrected chi connectivity index (χ1v) is 7.35. The topological polar surface area (TPSA) is 29.3 Å². The van der Waals surface area contributed by atoms with Crippen LogP contribution in [0, 0.1) is 5.82 Å². The van der Waals surface area contributed by atoms with E-state index < -0.39 is 0 Å². The van der Waals surface area contributed by atoms with Gasteiger partial charge in [0.25, 0.3) is 0 Å². The molecule has 1 unspecified atom stereocenters. The Morgan fingerprint density at radius 2 is 2.00 bits per heavy atom. The van der Waals surface area contributed by atoms with E-state index >= 15 is 0 Å². The van der Waals surface area contributed by atoms with Gasteiger partial charge in [0.1, 0.15) is 5.82 Å². The molecule has 1 aliphatic rings. The minimum Gasteiger partial charge on any atom is -0.369 e. The molecule has 1 atom stereocenters. The van der Waals surface area contributed by atoms with E-state index in [4.69, 9.17) is 5.73 Å². The standard InChI is InChI=1S/C16H25FN2/c1-12(18)11-13-7-6-10-15(17)16(13)19(2)14-8-4-3-5-9-14/h6-7,10,12,14H,3-5,8-9,11,18H2,1-2H3. The zero-order valence-electron chi connectivity index (χ0n) is 12.0. The average molecular weight is 264 g/mol. The van der Waals surface area contributed by atoms with Crippen molar-refractivity contribution < 1.29 is 4.39 Å². The molecular formula is C16H25FN2. The summed E-state index contributed by atoms with van der Waals surface area (Å²) in [4.78, 5) is 2.15. The molecule has 0 heterocycles. The molecule has 0 aliphatic heterocycles. The molecule has 2 nitrogen and oxygen atoms in total. The van der Waals surface area contributed by atoms with Crippen LogP contribution in [0.25, 0.3) is 0 Å². The average Bonchev–Trinajstić information content (AvgIpc) is 2.38. The third-order valence-corrected chi connectivity index (χ3v) is 4.09. The summed E-state index contributed by atoms with van der Waals surface area (Å²) in [5, 5.41) is 0. The van der Waals surface area contributed by atoms with E-state index in [9.17, 15) is 4.39 Å². The van der Waals surface area contributed by atoms with Crippen LogP contribution in [0.4, 0.5) is 10.1 Å². The van der Waals surface area contributed by atoms with Gasteiger partial charge in [-0.05, 0) is 37.8 Å². The number of rotatable bonds is 4. The van der Waals surface area contributed by atoms with Crippen molar-refractivity contribution >= 4 is 5.69 Å². The van der Waals surface area contributed by atoms with Crippen LogP contribution in [0.15, 0.2) is 18.2 Å². The lowest BCUT2D eigenvalue weighted by Crippen LogP contribution is -2.35. The van der Waals surface area contributed by atoms with E-state index in [0.29, 0.717) is 6.04 Å². The molecule has 0 spiro atoms. The van der Waals surface area contributed by atoms with Crippen LogP contribution in [0.1, 0.15) is 44.6 Å². The maximum absolute atomic E-state index is 14.2. The van der Waals surface area contributed by atoms with Crippen molar-refractivity contribution in [1.82, 2.24) is 0 Å². The highest BCUT2D eigenvalue weighted by Gasteiger charge is 2.22. The zero-order chi connectivity index (χ0) is 13.8. The molecule has 2 rings (SSSR count). The first-order valence-electron chi connectivity index (χ1n) is 7.35. The van der Waals surface area contributed by atoms with Crippen LogP contribution in [-0.4, -0.2) is 19.1 Å². The largest absolute Gasteiger partial charge is 0.369 e. The van der Waals surface area contributed by atoms with E-state index in [-0.39, 0.29) is 11.9 Å². The monoisotopic (exact) mass is 264 g/mol. The number of anilines is 1. The molecule has 2 N–H and O–H groups in total. The second-order valence-corrected chi connectivity index (χ2v) is 5.83. The van der Waals surface area contributed by atoms with Gasteiger partial charge in [0.15, 0.2) is 0 Å². The van der Waals surface area contributed by atoms with Gasteiger partial charge in [-0.15, -0.1) is 0 Å². The molecule has 1 fully saturated rings. The summed E-state index contributed by atoms with van der Waals surface area (Å²) >= 11 is 0. The third kappa shape index (κ3) is 3.47. The summed E-state index contributed by atoms with van der Waals surface area (Å²) in [5.41, 5.74) is 7.67. The number of benzene rings is 1. The molecule has 1 aromatic rings. The van der Waals surface area contributed by atoms with Crippen LogP contribution < -0.4 is 10.6 Å². The van der Waals surface area contributed by atoms with Crippen molar-refractivity contribution in [2.24, 2.45) is 5.73 Å². The van der Waals surface area contributed by atoms with Crippen LogP contribution >= 0.6 is 0 Å². The minimum atomic E-state index is -0.119. The van der Waals surface area contributed by atoms with Crippen molar-refractivity contribution in [3.05, 3.63) is 29.6 Å². The van der Waals surface area contributed by atoms with Gasteiger partial charge in [0, 0.05) is 19.1 Å². The molecule has 0 saturated heterocycles. The Bertz CT molecular complexity index is 411. The molecule has 0 bridgehead atoms.